The third-order valence-corrected chi connectivity index (χ3v) is 2.90. The van der Waals surface area contributed by atoms with Crippen molar-refractivity contribution in [3.63, 3.8) is 0 Å². The second-order valence-electron chi connectivity index (χ2n) is 4.24. The number of hydrogen-bond acceptors (Lipinski definition) is 3. The molecule has 1 saturated heterocycles. The molecule has 1 unspecified atom stereocenters. The van der Waals surface area contributed by atoms with Crippen LogP contribution in [0.25, 0.3) is 11.0 Å². The number of aromatic amines is 1. The van der Waals surface area contributed by atoms with Crippen LogP contribution < -0.4 is 5.32 Å². The molecule has 0 aliphatic carbocycles. The molecule has 0 amide bonds. The van der Waals surface area contributed by atoms with E-state index in [1.165, 1.54) is 5.56 Å². The molecule has 1 atom stereocenters. The number of H-pyrrole nitrogens is 1. The average Bonchev–Trinajstić information content (AvgIpc) is 2.73. The highest BCUT2D eigenvalue weighted by Gasteiger charge is 2.17. The Morgan fingerprint density at radius 3 is 3.19 bits per heavy atom. The van der Waals surface area contributed by atoms with Crippen LogP contribution in [0.1, 0.15) is 17.4 Å². The summed E-state index contributed by atoms with van der Waals surface area (Å²) in [4.78, 5) is 7.68. The fraction of sp³-hybridized carbons (Fsp3) is 0.417. The second-order valence-corrected chi connectivity index (χ2v) is 4.24. The molecule has 2 aromatic heterocycles. The summed E-state index contributed by atoms with van der Waals surface area (Å²) >= 11 is 0. The molecule has 4 nitrogen and oxygen atoms in total. The number of aromatic nitrogens is 2. The van der Waals surface area contributed by atoms with Crippen molar-refractivity contribution in [3.8, 4) is 0 Å². The maximum atomic E-state index is 5.70. The van der Waals surface area contributed by atoms with E-state index in [2.05, 4.69) is 34.3 Å². The summed E-state index contributed by atoms with van der Waals surface area (Å²) < 4.78 is 5.70. The monoisotopic (exact) mass is 217 g/mol. The molecule has 1 fully saturated rings. The third kappa shape index (κ3) is 1.70. The van der Waals surface area contributed by atoms with Crippen LogP contribution in [0.2, 0.25) is 0 Å². The van der Waals surface area contributed by atoms with E-state index in [-0.39, 0.29) is 6.10 Å². The van der Waals surface area contributed by atoms with Gasteiger partial charge in [0.15, 0.2) is 0 Å². The predicted octanol–water partition coefficient (Wildman–Crippen LogP) is 1.53. The van der Waals surface area contributed by atoms with E-state index in [1.54, 1.807) is 0 Å². The first-order chi connectivity index (χ1) is 7.83. The molecule has 2 aromatic rings. The highest BCUT2D eigenvalue weighted by molar-refractivity contribution is 5.77. The molecule has 4 heteroatoms. The number of nitrogens with one attached hydrogen (secondary N) is 2. The first-order valence-electron chi connectivity index (χ1n) is 5.60. The van der Waals surface area contributed by atoms with Gasteiger partial charge in [-0.15, -0.1) is 0 Å². The van der Waals surface area contributed by atoms with Crippen LogP contribution in [0.5, 0.6) is 0 Å². The Kier molecular flexibility index (Phi) is 2.38. The number of fused-ring (bicyclic) bond motifs is 1. The van der Waals surface area contributed by atoms with Crippen LogP contribution in [0.3, 0.4) is 0 Å². The zero-order chi connectivity index (χ0) is 11.0. The maximum Gasteiger partial charge on any atom is 0.137 e. The summed E-state index contributed by atoms with van der Waals surface area (Å²) in [6.07, 6.45) is 2.01. The molecule has 0 bridgehead atoms. The van der Waals surface area contributed by atoms with E-state index >= 15 is 0 Å². The Bertz CT molecular complexity index is 500. The normalized spacial score (nSPS) is 21.4. The fourth-order valence-corrected chi connectivity index (χ4v) is 2.09. The van der Waals surface area contributed by atoms with Gasteiger partial charge < -0.3 is 15.0 Å². The van der Waals surface area contributed by atoms with Crippen LogP contribution in [-0.4, -0.2) is 29.7 Å². The molecule has 0 radical (unpaired) electrons. The third-order valence-electron chi connectivity index (χ3n) is 2.90. The van der Waals surface area contributed by atoms with Crippen molar-refractivity contribution in [2.24, 2.45) is 0 Å². The number of morpholine rings is 1. The quantitative estimate of drug-likeness (QED) is 0.761. The summed E-state index contributed by atoms with van der Waals surface area (Å²) in [6.45, 7) is 4.63. The fourth-order valence-electron chi connectivity index (χ4n) is 2.09. The average molecular weight is 217 g/mol. The lowest BCUT2D eigenvalue weighted by atomic mass is 10.2. The van der Waals surface area contributed by atoms with Gasteiger partial charge in [0, 0.05) is 30.4 Å². The van der Waals surface area contributed by atoms with E-state index in [4.69, 9.17) is 4.74 Å². The molecule has 84 valence electrons. The lowest BCUT2D eigenvalue weighted by molar-refractivity contribution is 0.0255. The van der Waals surface area contributed by atoms with Crippen molar-refractivity contribution in [2.75, 3.05) is 19.7 Å². The van der Waals surface area contributed by atoms with E-state index in [0.29, 0.717) is 0 Å². The molecule has 16 heavy (non-hydrogen) atoms. The summed E-state index contributed by atoms with van der Waals surface area (Å²) in [6, 6.07) is 4.27. The van der Waals surface area contributed by atoms with E-state index < -0.39 is 0 Å². The van der Waals surface area contributed by atoms with E-state index in [0.717, 1.165) is 36.4 Å². The van der Waals surface area contributed by atoms with Gasteiger partial charge in [-0.2, -0.15) is 0 Å². The first-order valence-corrected chi connectivity index (χ1v) is 5.60. The molecular weight excluding hydrogens is 202 g/mol. The lowest BCUT2D eigenvalue weighted by Crippen LogP contribution is -2.33. The zero-order valence-electron chi connectivity index (χ0n) is 9.29. The van der Waals surface area contributed by atoms with Gasteiger partial charge >= 0.3 is 0 Å². The Morgan fingerprint density at radius 1 is 1.44 bits per heavy atom. The minimum absolute atomic E-state index is 0.128. The molecule has 3 rings (SSSR count). The van der Waals surface area contributed by atoms with Crippen LogP contribution in [0, 0.1) is 6.92 Å². The van der Waals surface area contributed by atoms with Crippen LogP contribution in [0.15, 0.2) is 18.3 Å². The molecule has 0 aromatic carbocycles. The van der Waals surface area contributed by atoms with Gasteiger partial charge in [0.2, 0.25) is 0 Å². The van der Waals surface area contributed by atoms with Crippen molar-refractivity contribution in [2.45, 2.75) is 13.0 Å². The van der Waals surface area contributed by atoms with Crippen molar-refractivity contribution in [1.29, 1.82) is 0 Å². The standard InChI is InChI=1S/C12H15N3O/c1-8-4-9-5-10(15-12(9)14-6-8)11-7-13-2-3-16-11/h4-6,11,13H,2-3,7H2,1H3,(H,14,15). The zero-order valence-corrected chi connectivity index (χ0v) is 9.29. The second kappa shape index (κ2) is 3.88. The molecule has 1 aliphatic heterocycles. The Hall–Kier alpha value is -1.39. The number of rotatable bonds is 1. The van der Waals surface area contributed by atoms with Crippen LogP contribution >= 0.6 is 0 Å². The summed E-state index contributed by atoms with van der Waals surface area (Å²) in [5.74, 6) is 0. The highest BCUT2D eigenvalue weighted by atomic mass is 16.5. The van der Waals surface area contributed by atoms with Gasteiger partial charge in [0.1, 0.15) is 11.8 Å². The van der Waals surface area contributed by atoms with Gasteiger partial charge in [-0.1, -0.05) is 0 Å². The molecule has 3 heterocycles. The van der Waals surface area contributed by atoms with Crippen molar-refractivity contribution in [3.05, 3.63) is 29.6 Å². The Balaban J connectivity index is 1.97. The number of ether oxygens (including phenoxy) is 1. The molecule has 2 N–H and O–H groups in total. The maximum absolute atomic E-state index is 5.70. The summed E-state index contributed by atoms with van der Waals surface area (Å²) in [7, 11) is 0. The van der Waals surface area contributed by atoms with Gasteiger partial charge in [-0.05, 0) is 24.6 Å². The van der Waals surface area contributed by atoms with Gasteiger partial charge in [-0.3, -0.25) is 0 Å². The first kappa shape index (κ1) is 9.81. The van der Waals surface area contributed by atoms with Crippen LogP contribution in [0.4, 0.5) is 0 Å². The molecular formula is C12H15N3O. The predicted molar refractivity (Wildman–Crippen MR) is 62.4 cm³/mol. The Morgan fingerprint density at radius 2 is 2.38 bits per heavy atom. The van der Waals surface area contributed by atoms with E-state index in [9.17, 15) is 0 Å². The summed E-state index contributed by atoms with van der Waals surface area (Å²) in [5, 5.41) is 4.48. The minimum Gasteiger partial charge on any atom is -0.369 e. The van der Waals surface area contributed by atoms with E-state index in [1.807, 2.05) is 6.20 Å². The van der Waals surface area contributed by atoms with Crippen molar-refractivity contribution >= 4 is 11.0 Å². The smallest absolute Gasteiger partial charge is 0.137 e. The molecule has 0 saturated carbocycles. The van der Waals surface area contributed by atoms with Gasteiger partial charge in [-0.25, -0.2) is 4.98 Å². The molecule has 0 spiro atoms. The number of hydrogen-bond donors (Lipinski definition) is 2. The number of aryl methyl sites for hydroxylation is 1. The SMILES string of the molecule is Cc1cnc2[nH]c(C3CNCCO3)cc2c1. The largest absolute Gasteiger partial charge is 0.369 e. The minimum atomic E-state index is 0.128. The lowest BCUT2D eigenvalue weighted by Gasteiger charge is -2.22. The number of nitrogens with zero attached hydrogens (tertiary/aromatic N) is 1. The van der Waals surface area contributed by atoms with Crippen LogP contribution in [-0.2, 0) is 4.74 Å². The van der Waals surface area contributed by atoms with Gasteiger partial charge in [0.25, 0.3) is 0 Å². The summed E-state index contributed by atoms with van der Waals surface area (Å²) in [5.41, 5.74) is 3.23. The van der Waals surface area contributed by atoms with Crippen molar-refractivity contribution in [1.82, 2.24) is 15.3 Å². The van der Waals surface area contributed by atoms with Crippen molar-refractivity contribution < 1.29 is 4.74 Å². The number of pyridine rings is 1. The highest BCUT2D eigenvalue weighted by Crippen LogP contribution is 2.22. The molecule has 1 aliphatic rings. The topological polar surface area (TPSA) is 49.9 Å². The Labute approximate surface area is 94.0 Å². The van der Waals surface area contributed by atoms with Gasteiger partial charge in [0.05, 0.1) is 6.61 Å².